The molecule has 1 fully saturated rings. The number of benzene rings is 1. The van der Waals surface area contributed by atoms with Crippen molar-refractivity contribution in [3.63, 3.8) is 0 Å². The van der Waals surface area contributed by atoms with Crippen LogP contribution in [0.15, 0.2) is 35.1 Å². The van der Waals surface area contributed by atoms with Crippen molar-refractivity contribution >= 4 is 16.6 Å². The molecule has 1 saturated heterocycles. The molecule has 0 bridgehead atoms. The van der Waals surface area contributed by atoms with Crippen molar-refractivity contribution in [2.75, 3.05) is 31.1 Å². The summed E-state index contributed by atoms with van der Waals surface area (Å²) in [6.45, 7) is 4.14. The van der Waals surface area contributed by atoms with Gasteiger partial charge in [0, 0.05) is 48.8 Å². The second kappa shape index (κ2) is 4.22. The summed E-state index contributed by atoms with van der Waals surface area (Å²) >= 11 is 0. The number of aromatic nitrogens is 1. The fourth-order valence-corrected chi connectivity index (χ4v) is 2.26. The Hall–Kier alpha value is -1.81. The molecule has 3 rings (SSSR count). The fraction of sp³-hybridized carbons (Fsp3) is 0.308. The minimum Gasteiger partial charge on any atom is -0.369 e. The highest BCUT2D eigenvalue weighted by Crippen LogP contribution is 2.20. The fourth-order valence-electron chi connectivity index (χ4n) is 2.26. The van der Waals surface area contributed by atoms with Crippen molar-refractivity contribution in [1.29, 1.82) is 0 Å². The zero-order valence-corrected chi connectivity index (χ0v) is 9.57. The lowest BCUT2D eigenvalue weighted by atomic mass is 10.1. The second-order valence-corrected chi connectivity index (χ2v) is 4.33. The smallest absolute Gasteiger partial charge is 0.248 e. The van der Waals surface area contributed by atoms with Gasteiger partial charge in [-0.3, -0.25) is 4.79 Å². The molecule has 1 aromatic carbocycles. The van der Waals surface area contributed by atoms with Gasteiger partial charge < -0.3 is 15.2 Å². The van der Waals surface area contributed by atoms with Gasteiger partial charge in [-0.25, -0.2) is 0 Å². The van der Waals surface area contributed by atoms with Crippen LogP contribution in [-0.4, -0.2) is 31.2 Å². The van der Waals surface area contributed by atoms with Crippen LogP contribution >= 0.6 is 0 Å². The highest BCUT2D eigenvalue weighted by atomic mass is 16.1. The van der Waals surface area contributed by atoms with Crippen molar-refractivity contribution in [1.82, 2.24) is 10.3 Å². The van der Waals surface area contributed by atoms with Crippen LogP contribution in [0.1, 0.15) is 0 Å². The predicted octanol–water partition coefficient (Wildman–Crippen LogP) is 0.938. The first-order valence-corrected chi connectivity index (χ1v) is 5.92. The van der Waals surface area contributed by atoms with Gasteiger partial charge in [0.05, 0.1) is 0 Å². The van der Waals surface area contributed by atoms with Crippen LogP contribution in [0.5, 0.6) is 0 Å². The third kappa shape index (κ3) is 2.03. The molecule has 1 aromatic heterocycles. The Morgan fingerprint density at radius 1 is 1.06 bits per heavy atom. The van der Waals surface area contributed by atoms with Gasteiger partial charge >= 0.3 is 0 Å². The Kier molecular flexibility index (Phi) is 2.57. The van der Waals surface area contributed by atoms with Crippen LogP contribution in [0, 0.1) is 0 Å². The Balaban J connectivity index is 2.01. The molecule has 0 radical (unpaired) electrons. The summed E-state index contributed by atoms with van der Waals surface area (Å²) in [5.74, 6) is 0. The van der Waals surface area contributed by atoms with Crippen molar-refractivity contribution < 1.29 is 0 Å². The zero-order valence-electron chi connectivity index (χ0n) is 9.57. The van der Waals surface area contributed by atoms with Crippen LogP contribution in [0.3, 0.4) is 0 Å². The summed E-state index contributed by atoms with van der Waals surface area (Å²) in [6, 6.07) is 9.64. The number of piperazine rings is 1. The second-order valence-electron chi connectivity index (χ2n) is 4.33. The minimum absolute atomic E-state index is 0.0487. The van der Waals surface area contributed by atoms with E-state index in [1.54, 1.807) is 6.07 Å². The van der Waals surface area contributed by atoms with Gasteiger partial charge in [-0.05, 0) is 24.3 Å². The summed E-state index contributed by atoms with van der Waals surface area (Å²) in [4.78, 5) is 16.4. The first kappa shape index (κ1) is 10.4. The molecule has 0 aliphatic carbocycles. The van der Waals surface area contributed by atoms with Crippen LogP contribution in [0.4, 0.5) is 5.69 Å². The third-order valence-electron chi connectivity index (χ3n) is 3.19. The van der Waals surface area contributed by atoms with E-state index >= 15 is 0 Å². The molecule has 2 heterocycles. The number of fused-ring (bicyclic) bond motifs is 1. The van der Waals surface area contributed by atoms with Gasteiger partial charge in [-0.15, -0.1) is 0 Å². The number of hydrogen-bond donors (Lipinski definition) is 2. The molecular formula is C13H15N3O. The average molecular weight is 229 g/mol. The van der Waals surface area contributed by atoms with E-state index in [-0.39, 0.29) is 5.56 Å². The molecule has 0 unspecified atom stereocenters. The molecule has 88 valence electrons. The highest BCUT2D eigenvalue weighted by Gasteiger charge is 2.10. The van der Waals surface area contributed by atoms with Crippen LogP contribution in [-0.2, 0) is 0 Å². The van der Waals surface area contributed by atoms with Gasteiger partial charge in [0.1, 0.15) is 0 Å². The molecule has 2 N–H and O–H groups in total. The summed E-state index contributed by atoms with van der Waals surface area (Å²) in [7, 11) is 0. The standard InChI is InChI=1S/C13H15N3O/c17-13-4-1-10-9-11(2-3-12(10)15-13)16-7-5-14-6-8-16/h1-4,9,14H,5-8H2,(H,15,17). The molecule has 0 spiro atoms. The molecule has 4 heteroatoms. The molecule has 17 heavy (non-hydrogen) atoms. The first-order chi connectivity index (χ1) is 8.33. The summed E-state index contributed by atoms with van der Waals surface area (Å²) < 4.78 is 0. The normalized spacial score (nSPS) is 16.4. The number of nitrogens with one attached hydrogen (secondary N) is 2. The Labute approximate surface area is 99.3 Å². The summed E-state index contributed by atoms with van der Waals surface area (Å²) in [6.07, 6.45) is 0. The van der Waals surface area contributed by atoms with Gasteiger partial charge in [-0.2, -0.15) is 0 Å². The number of H-pyrrole nitrogens is 1. The molecule has 0 atom stereocenters. The molecule has 4 nitrogen and oxygen atoms in total. The Morgan fingerprint density at radius 2 is 1.88 bits per heavy atom. The SMILES string of the molecule is O=c1ccc2cc(N3CCNCC3)ccc2[nH]1. The molecule has 1 aliphatic heterocycles. The van der Waals surface area contributed by atoms with E-state index in [2.05, 4.69) is 27.3 Å². The highest BCUT2D eigenvalue weighted by molar-refractivity contribution is 5.82. The summed E-state index contributed by atoms with van der Waals surface area (Å²) in [5.41, 5.74) is 2.08. The van der Waals surface area contributed by atoms with Gasteiger partial charge in [0.25, 0.3) is 0 Å². The number of pyridine rings is 1. The van der Waals surface area contributed by atoms with E-state index < -0.39 is 0 Å². The van der Waals surface area contributed by atoms with E-state index in [0.29, 0.717) is 0 Å². The van der Waals surface area contributed by atoms with E-state index in [1.807, 2.05) is 12.1 Å². The van der Waals surface area contributed by atoms with Crippen molar-refractivity contribution in [3.05, 3.63) is 40.7 Å². The molecule has 1 aliphatic rings. The average Bonchev–Trinajstić information content (AvgIpc) is 2.39. The lowest BCUT2D eigenvalue weighted by Gasteiger charge is -2.29. The van der Waals surface area contributed by atoms with Gasteiger partial charge in [0.2, 0.25) is 5.56 Å². The topological polar surface area (TPSA) is 48.1 Å². The lowest BCUT2D eigenvalue weighted by Crippen LogP contribution is -2.43. The van der Waals surface area contributed by atoms with Crippen LogP contribution in [0.25, 0.3) is 10.9 Å². The summed E-state index contributed by atoms with van der Waals surface area (Å²) in [5, 5.41) is 4.42. The van der Waals surface area contributed by atoms with E-state index in [4.69, 9.17) is 0 Å². The molecular weight excluding hydrogens is 214 g/mol. The zero-order chi connectivity index (χ0) is 11.7. The minimum atomic E-state index is -0.0487. The quantitative estimate of drug-likeness (QED) is 0.765. The number of anilines is 1. The van der Waals surface area contributed by atoms with Crippen molar-refractivity contribution in [2.45, 2.75) is 0 Å². The van der Waals surface area contributed by atoms with E-state index in [1.165, 1.54) is 5.69 Å². The van der Waals surface area contributed by atoms with E-state index in [9.17, 15) is 4.79 Å². The number of rotatable bonds is 1. The number of nitrogens with zero attached hydrogens (tertiary/aromatic N) is 1. The Bertz CT molecular complexity index is 584. The molecule has 0 amide bonds. The van der Waals surface area contributed by atoms with Gasteiger partial charge in [-0.1, -0.05) is 0 Å². The van der Waals surface area contributed by atoms with Gasteiger partial charge in [0.15, 0.2) is 0 Å². The van der Waals surface area contributed by atoms with Crippen molar-refractivity contribution in [3.8, 4) is 0 Å². The van der Waals surface area contributed by atoms with Crippen molar-refractivity contribution in [2.24, 2.45) is 0 Å². The number of hydrogen-bond acceptors (Lipinski definition) is 3. The predicted molar refractivity (Wildman–Crippen MR) is 69.7 cm³/mol. The van der Waals surface area contributed by atoms with Crippen LogP contribution in [0.2, 0.25) is 0 Å². The van der Waals surface area contributed by atoms with E-state index in [0.717, 1.165) is 37.1 Å². The maximum absolute atomic E-state index is 11.2. The van der Waals surface area contributed by atoms with Crippen LogP contribution < -0.4 is 15.8 Å². The monoisotopic (exact) mass is 229 g/mol. The number of aromatic amines is 1. The first-order valence-electron chi connectivity index (χ1n) is 5.92. The maximum Gasteiger partial charge on any atom is 0.248 e. The molecule has 2 aromatic rings. The largest absolute Gasteiger partial charge is 0.369 e. The lowest BCUT2D eigenvalue weighted by molar-refractivity contribution is 0.589. The maximum atomic E-state index is 11.2. The molecule has 0 saturated carbocycles. The Morgan fingerprint density at radius 3 is 2.71 bits per heavy atom. The third-order valence-corrected chi connectivity index (χ3v) is 3.19.